The molecule has 0 aromatic carbocycles. The van der Waals surface area contributed by atoms with Gasteiger partial charge >= 0.3 is 6.85 Å². The van der Waals surface area contributed by atoms with Crippen molar-refractivity contribution in [3.63, 3.8) is 0 Å². The Labute approximate surface area is 61.0 Å². The number of hydrogen-bond donors (Lipinski definition) is 1. The quantitative estimate of drug-likeness (QED) is 0.470. The topological polar surface area (TPSA) is 40.4 Å². The molecule has 10 heavy (non-hydrogen) atoms. The highest BCUT2D eigenvalue weighted by Crippen LogP contribution is 2.36. The summed E-state index contributed by atoms with van der Waals surface area (Å²) in [4.78, 5) is 0. The highest BCUT2D eigenvalue weighted by molar-refractivity contribution is 6.66. The number of nitrogens with two attached hydrogens (primary N) is 1. The Morgan fingerprint density at radius 1 is 1.70 bits per heavy atom. The van der Waals surface area contributed by atoms with Crippen molar-refractivity contribution in [2.24, 2.45) is 5.92 Å². The number of quaternary nitrogens is 1. The molecule has 1 unspecified atom stereocenters. The zero-order valence-electron chi connectivity index (χ0n) is 6.01. The Bertz CT molecular complexity index is 212. The molecular weight excluding hydrogens is 123 g/mol. The van der Waals surface area contributed by atoms with E-state index in [0.717, 1.165) is 12.5 Å². The summed E-state index contributed by atoms with van der Waals surface area (Å²) in [7, 11) is 0. The maximum Gasteiger partial charge on any atom is 0.315 e. The van der Waals surface area contributed by atoms with E-state index in [-0.39, 0.29) is 0 Å². The van der Waals surface area contributed by atoms with Crippen LogP contribution < -0.4 is 5.23 Å². The molecule has 0 aromatic heterocycles. The Kier molecular flexibility index (Phi) is 1.28. The summed E-state index contributed by atoms with van der Waals surface area (Å²) < 4.78 is 0. The first-order valence-corrected chi connectivity index (χ1v) is 4.05. The predicted octanol–water partition coefficient (Wildman–Crippen LogP) is -0.774. The standard InChI is InChI=1S/C7H11BN2/c9-5-8-7(3-4-10-8)6-1-2-6/h3,6,8H,1-2,4,10H2. The lowest BCUT2D eigenvalue weighted by Crippen LogP contribution is -2.90. The first-order valence-electron chi connectivity index (χ1n) is 4.05. The second-order valence-corrected chi connectivity index (χ2v) is 3.32. The summed E-state index contributed by atoms with van der Waals surface area (Å²) in [6.07, 6.45) is 4.94. The molecule has 0 aromatic rings. The van der Waals surface area contributed by atoms with Gasteiger partial charge in [0.1, 0.15) is 0 Å². The van der Waals surface area contributed by atoms with E-state index in [4.69, 9.17) is 5.26 Å². The molecule has 1 aliphatic heterocycles. The number of allylic oxidation sites excluding steroid dienone is 1. The minimum absolute atomic E-state index is 0.613. The van der Waals surface area contributed by atoms with Crippen LogP contribution in [0.3, 0.4) is 0 Å². The van der Waals surface area contributed by atoms with E-state index < -0.39 is 6.85 Å². The summed E-state index contributed by atoms with van der Waals surface area (Å²) in [6, 6.07) is 0. The second-order valence-electron chi connectivity index (χ2n) is 3.32. The first kappa shape index (κ1) is 6.00. The van der Waals surface area contributed by atoms with Crippen LogP contribution in [0.2, 0.25) is 0 Å². The fraction of sp³-hybridized carbons (Fsp3) is 0.571. The van der Waals surface area contributed by atoms with E-state index in [1.165, 1.54) is 18.3 Å². The van der Waals surface area contributed by atoms with Gasteiger partial charge in [-0.15, -0.1) is 0 Å². The molecule has 0 radical (unpaired) electrons. The summed E-state index contributed by atoms with van der Waals surface area (Å²) in [5, 5.41) is 10.9. The molecule has 1 aliphatic carbocycles. The van der Waals surface area contributed by atoms with Crippen molar-refractivity contribution in [2.75, 3.05) is 6.54 Å². The molecule has 0 saturated heterocycles. The SMILES string of the molecule is N#C[BH-]1[NH2+]CC=C1C1CC1. The van der Waals surface area contributed by atoms with Crippen LogP contribution in [0, 0.1) is 17.1 Å². The monoisotopic (exact) mass is 134 g/mol. The van der Waals surface area contributed by atoms with Crippen molar-refractivity contribution < 1.29 is 5.23 Å². The highest BCUT2D eigenvalue weighted by atomic mass is 14.8. The van der Waals surface area contributed by atoms with E-state index in [9.17, 15) is 0 Å². The molecule has 2 N–H and O–H groups in total. The van der Waals surface area contributed by atoms with Crippen LogP contribution in [-0.4, -0.2) is 13.4 Å². The molecule has 2 rings (SSSR count). The van der Waals surface area contributed by atoms with E-state index in [2.05, 4.69) is 17.3 Å². The predicted molar refractivity (Wildman–Crippen MR) is 40.4 cm³/mol. The van der Waals surface area contributed by atoms with E-state index in [0.29, 0.717) is 0 Å². The van der Waals surface area contributed by atoms with Crippen molar-refractivity contribution in [3.05, 3.63) is 11.5 Å². The number of nitrogens with zero attached hydrogens (tertiary/aromatic N) is 1. The van der Waals surface area contributed by atoms with Gasteiger partial charge in [0.2, 0.25) is 0 Å². The van der Waals surface area contributed by atoms with Gasteiger partial charge in [-0.1, -0.05) is 12.0 Å². The van der Waals surface area contributed by atoms with Gasteiger partial charge in [-0.25, -0.2) is 5.26 Å². The average Bonchev–Trinajstić information content (AvgIpc) is 2.69. The van der Waals surface area contributed by atoms with Gasteiger partial charge in [-0.05, 0) is 18.8 Å². The van der Waals surface area contributed by atoms with Gasteiger partial charge in [-0.2, -0.15) is 5.47 Å². The molecule has 2 nitrogen and oxygen atoms in total. The zero-order chi connectivity index (χ0) is 6.97. The molecule has 2 aliphatic rings. The maximum absolute atomic E-state index is 8.73. The lowest BCUT2D eigenvalue weighted by Gasteiger charge is -2.06. The molecule has 1 atom stereocenters. The van der Waals surface area contributed by atoms with Gasteiger partial charge in [0.05, 0.1) is 6.54 Å². The maximum atomic E-state index is 8.73. The molecule has 0 bridgehead atoms. The summed E-state index contributed by atoms with van der Waals surface area (Å²) in [5.41, 5.74) is 1.49. The Balaban J connectivity index is 2.11. The third kappa shape index (κ3) is 0.852. The fourth-order valence-electron chi connectivity index (χ4n) is 1.81. The van der Waals surface area contributed by atoms with Gasteiger partial charge in [0, 0.05) is 0 Å². The largest absolute Gasteiger partial charge is 0.520 e. The third-order valence-corrected chi connectivity index (χ3v) is 2.55. The lowest BCUT2D eigenvalue weighted by molar-refractivity contribution is -0.502. The number of hydrogen-bond acceptors (Lipinski definition) is 1. The van der Waals surface area contributed by atoms with Crippen LogP contribution in [0.15, 0.2) is 11.5 Å². The molecule has 1 saturated carbocycles. The number of rotatable bonds is 1. The lowest BCUT2D eigenvalue weighted by atomic mass is 9.57. The summed E-state index contributed by atoms with van der Waals surface area (Å²) >= 11 is 0. The van der Waals surface area contributed by atoms with Crippen molar-refractivity contribution in [3.8, 4) is 5.97 Å². The summed E-state index contributed by atoms with van der Waals surface area (Å²) in [5.74, 6) is 3.21. The molecular formula is C7H11BN2. The molecule has 0 spiro atoms. The second kappa shape index (κ2) is 2.14. The molecule has 0 amide bonds. The normalized spacial score (nSPS) is 31.5. The average molecular weight is 134 g/mol. The van der Waals surface area contributed by atoms with Crippen LogP contribution in [-0.2, 0) is 0 Å². The van der Waals surface area contributed by atoms with E-state index in [1.54, 1.807) is 0 Å². The Morgan fingerprint density at radius 2 is 2.50 bits per heavy atom. The fourth-order valence-corrected chi connectivity index (χ4v) is 1.81. The Hall–Kier alpha value is -0.745. The van der Waals surface area contributed by atoms with Gasteiger partial charge in [-0.3, -0.25) is 0 Å². The van der Waals surface area contributed by atoms with Crippen LogP contribution in [0.25, 0.3) is 0 Å². The van der Waals surface area contributed by atoms with Crippen molar-refractivity contribution in [1.82, 2.24) is 0 Å². The van der Waals surface area contributed by atoms with Crippen LogP contribution >= 0.6 is 0 Å². The van der Waals surface area contributed by atoms with Crippen LogP contribution in [0.4, 0.5) is 0 Å². The smallest absolute Gasteiger partial charge is 0.315 e. The molecule has 1 fully saturated rings. The third-order valence-electron chi connectivity index (χ3n) is 2.55. The first-order chi connectivity index (χ1) is 4.92. The van der Waals surface area contributed by atoms with Gasteiger partial charge < -0.3 is 5.23 Å². The zero-order valence-corrected chi connectivity index (χ0v) is 6.01. The van der Waals surface area contributed by atoms with E-state index >= 15 is 0 Å². The van der Waals surface area contributed by atoms with Gasteiger partial charge in [0.15, 0.2) is 0 Å². The van der Waals surface area contributed by atoms with Crippen molar-refractivity contribution >= 4 is 6.85 Å². The van der Waals surface area contributed by atoms with Crippen molar-refractivity contribution in [1.29, 1.82) is 5.26 Å². The molecule has 52 valence electrons. The van der Waals surface area contributed by atoms with Gasteiger partial charge in [0.25, 0.3) is 0 Å². The highest BCUT2D eigenvalue weighted by Gasteiger charge is 2.31. The minimum atomic E-state index is -0.613. The molecule has 1 heterocycles. The minimum Gasteiger partial charge on any atom is -0.520 e. The van der Waals surface area contributed by atoms with Crippen LogP contribution in [0.1, 0.15) is 12.8 Å². The molecule has 3 heteroatoms. The van der Waals surface area contributed by atoms with Crippen LogP contribution in [0.5, 0.6) is 0 Å². The number of nitriles is 1. The summed E-state index contributed by atoms with van der Waals surface area (Å²) in [6.45, 7) is 0.442. The van der Waals surface area contributed by atoms with E-state index in [1.807, 2.05) is 0 Å². The van der Waals surface area contributed by atoms with Crippen molar-refractivity contribution in [2.45, 2.75) is 12.8 Å². The Morgan fingerprint density at radius 3 is 3.10 bits per heavy atom.